The van der Waals surface area contributed by atoms with Crippen molar-refractivity contribution in [2.24, 2.45) is 0 Å². The predicted octanol–water partition coefficient (Wildman–Crippen LogP) is 2.90. The van der Waals surface area contributed by atoms with Crippen LogP contribution in [0.25, 0.3) is 11.1 Å². The summed E-state index contributed by atoms with van der Waals surface area (Å²) < 4.78 is 11.2. The number of ether oxygens (including phenoxy) is 2. The van der Waals surface area contributed by atoms with Gasteiger partial charge in [0.1, 0.15) is 18.8 Å². The Balaban J connectivity index is 1.74. The van der Waals surface area contributed by atoms with Gasteiger partial charge in [-0.15, -0.1) is 0 Å². The number of fused-ring (bicyclic) bond motifs is 2. The van der Waals surface area contributed by atoms with E-state index in [9.17, 15) is 9.59 Å². The highest BCUT2D eigenvalue weighted by molar-refractivity contribution is 5.81. The maximum Gasteiger partial charge on any atom is 0.405 e. The van der Waals surface area contributed by atoms with Gasteiger partial charge in [-0.1, -0.05) is 36.4 Å². The summed E-state index contributed by atoms with van der Waals surface area (Å²) in [6, 6.07) is 11.4. The number of hydrogen-bond acceptors (Lipinski definition) is 4. The highest BCUT2D eigenvalue weighted by Crippen LogP contribution is 2.37. The second-order valence-corrected chi connectivity index (χ2v) is 6.25. The topological polar surface area (TPSA) is 84.9 Å². The quantitative estimate of drug-likeness (QED) is 0.656. The number of nitrogens with one attached hydrogen (secondary N) is 1. The molecule has 4 rings (SSSR count). The van der Waals surface area contributed by atoms with Crippen LogP contribution in [0.15, 0.2) is 48.6 Å². The van der Waals surface area contributed by atoms with Crippen LogP contribution in [0.4, 0.5) is 4.79 Å². The van der Waals surface area contributed by atoms with Gasteiger partial charge >= 0.3 is 6.09 Å². The van der Waals surface area contributed by atoms with Crippen molar-refractivity contribution in [3.05, 3.63) is 59.7 Å². The van der Waals surface area contributed by atoms with Crippen molar-refractivity contribution in [2.75, 3.05) is 13.2 Å². The van der Waals surface area contributed by atoms with Crippen molar-refractivity contribution in [3.8, 4) is 22.6 Å². The van der Waals surface area contributed by atoms with Gasteiger partial charge in [-0.05, 0) is 40.8 Å². The molecule has 0 saturated carbocycles. The largest absolute Gasteiger partial charge is 0.486 e. The zero-order chi connectivity index (χ0) is 18.1. The summed E-state index contributed by atoms with van der Waals surface area (Å²) in [5.41, 5.74) is 2.14. The Morgan fingerprint density at radius 2 is 1.81 bits per heavy atom. The lowest BCUT2D eigenvalue weighted by Gasteiger charge is -2.30. The van der Waals surface area contributed by atoms with Crippen LogP contribution in [0.5, 0.6) is 11.5 Å². The molecule has 132 valence electrons. The summed E-state index contributed by atoms with van der Waals surface area (Å²) >= 11 is 0. The first kappa shape index (κ1) is 16.2. The summed E-state index contributed by atoms with van der Waals surface area (Å²) in [7, 11) is 0. The molecular formula is C20H17NO5. The Kier molecular flexibility index (Phi) is 3.88. The number of carbonyl (C=O) groups is 2. The zero-order valence-corrected chi connectivity index (χ0v) is 13.9. The van der Waals surface area contributed by atoms with Gasteiger partial charge < -0.3 is 19.9 Å². The number of aldehydes is 1. The molecule has 0 saturated heterocycles. The first-order chi connectivity index (χ1) is 12.6. The van der Waals surface area contributed by atoms with Crippen molar-refractivity contribution in [1.29, 1.82) is 0 Å². The normalized spacial score (nSPS) is 20.2. The van der Waals surface area contributed by atoms with E-state index in [1.807, 2.05) is 30.3 Å². The van der Waals surface area contributed by atoms with Crippen molar-refractivity contribution in [3.63, 3.8) is 0 Å². The number of allylic oxidation sites excluding steroid dienone is 1. The lowest BCUT2D eigenvalue weighted by Crippen LogP contribution is -2.46. The molecule has 0 spiro atoms. The summed E-state index contributed by atoms with van der Waals surface area (Å²) in [6.45, 7) is 1.07. The minimum Gasteiger partial charge on any atom is -0.486 e. The average molecular weight is 351 g/mol. The predicted molar refractivity (Wildman–Crippen MR) is 94.6 cm³/mol. The van der Waals surface area contributed by atoms with E-state index in [1.165, 1.54) is 0 Å². The molecule has 6 heteroatoms. The summed E-state index contributed by atoms with van der Waals surface area (Å²) in [5, 5.41) is 11.4. The van der Waals surface area contributed by atoms with Crippen molar-refractivity contribution >= 4 is 12.4 Å². The van der Waals surface area contributed by atoms with E-state index in [4.69, 9.17) is 14.6 Å². The third-order valence-electron chi connectivity index (χ3n) is 4.64. The number of carbonyl (C=O) groups excluding carboxylic acids is 1. The number of benzene rings is 2. The van der Waals surface area contributed by atoms with Gasteiger partial charge in [0.2, 0.25) is 0 Å². The SMILES string of the molecule is O=C[C@]1(NC(=O)O)C=CCc2cc(-c3ccc4c(c3)OCCO4)ccc21. The Hall–Kier alpha value is -3.28. The molecule has 1 heterocycles. The van der Waals surface area contributed by atoms with E-state index in [2.05, 4.69) is 5.32 Å². The Morgan fingerprint density at radius 1 is 1.08 bits per heavy atom. The van der Waals surface area contributed by atoms with Gasteiger partial charge in [0, 0.05) is 0 Å². The van der Waals surface area contributed by atoms with Crippen LogP contribution in [-0.2, 0) is 16.8 Å². The Bertz CT molecular complexity index is 920. The fraction of sp³-hybridized carbons (Fsp3) is 0.200. The monoisotopic (exact) mass is 351 g/mol. The minimum absolute atomic E-state index is 0.522. The molecule has 1 amide bonds. The van der Waals surface area contributed by atoms with E-state index < -0.39 is 11.6 Å². The molecule has 0 bridgehead atoms. The first-order valence-electron chi connectivity index (χ1n) is 8.30. The van der Waals surface area contributed by atoms with Crippen LogP contribution in [0.3, 0.4) is 0 Å². The van der Waals surface area contributed by atoms with Crippen LogP contribution < -0.4 is 14.8 Å². The van der Waals surface area contributed by atoms with Crippen LogP contribution in [0.2, 0.25) is 0 Å². The fourth-order valence-electron chi connectivity index (χ4n) is 3.45. The maximum atomic E-state index is 11.7. The van der Waals surface area contributed by atoms with Gasteiger partial charge in [0.15, 0.2) is 17.8 Å². The van der Waals surface area contributed by atoms with E-state index in [-0.39, 0.29) is 0 Å². The van der Waals surface area contributed by atoms with Gasteiger partial charge in [-0.3, -0.25) is 4.79 Å². The molecule has 6 nitrogen and oxygen atoms in total. The maximum absolute atomic E-state index is 11.7. The fourth-order valence-corrected chi connectivity index (χ4v) is 3.45. The van der Waals surface area contributed by atoms with Crippen molar-refractivity contribution < 1.29 is 24.2 Å². The molecule has 0 radical (unpaired) electrons. The molecule has 0 fully saturated rings. The number of carboxylic acid groups (broad SMARTS) is 1. The molecule has 2 aromatic carbocycles. The van der Waals surface area contributed by atoms with Gasteiger partial charge in [0.25, 0.3) is 0 Å². The van der Waals surface area contributed by atoms with E-state index in [0.717, 1.165) is 22.4 Å². The summed E-state index contributed by atoms with van der Waals surface area (Å²) in [5.74, 6) is 1.44. The van der Waals surface area contributed by atoms with Crippen LogP contribution in [-0.4, -0.2) is 30.7 Å². The molecule has 1 aliphatic heterocycles. The number of rotatable bonds is 3. The molecule has 2 aromatic rings. The van der Waals surface area contributed by atoms with Crippen LogP contribution in [0.1, 0.15) is 11.1 Å². The van der Waals surface area contributed by atoms with Gasteiger partial charge in [0.05, 0.1) is 0 Å². The minimum atomic E-state index is -1.34. The third-order valence-corrected chi connectivity index (χ3v) is 4.64. The number of hydrogen-bond donors (Lipinski definition) is 2. The lowest BCUT2D eigenvalue weighted by atomic mass is 9.81. The highest BCUT2D eigenvalue weighted by Gasteiger charge is 2.35. The lowest BCUT2D eigenvalue weighted by molar-refractivity contribution is -0.112. The van der Waals surface area contributed by atoms with Crippen molar-refractivity contribution in [1.82, 2.24) is 5.32 Å². The number of amides is 1. The van der Waals surface area contributed by atoms with Crippen molar-refractivity contribution in [2.45, 2.75) is 12.0 Å². The third kappa shape index (κ3) is 2.69. The molecular weight excluding hydrogens is 334 g/mol. The molecule has 1 aliphatic carbocycles. The molecule has 0 aromatic heterocycles. The van der Waals surface area contributed by atoms with Crippen LogP contribution >= 0.6 is 0 Å². The summed E-state index contributed by atoms with van der Waals surface area (Å²) in [4.78, 5) is 22.8. The molecule has 1 atom stereocenters. The highest BCUT2D eigenvalue weighted by atomic mass is 16.6. The Morgan fingerprint density at radius 3 is 2.58 bits per heavy atom. The van der Waals surface area contributed by atoms with Gasteiger partial charge in [-0.25, -0.2) is 4.79 Å². The second-order valence-electron chi connectivity index (χ2n) is 6.25. The molecule has 26 heavy (non-hydrogen) atoms. The molecule has 0 unspecified atom stereocenters. The molecule has 2 aliphatic rings. The summed E-state index contributed by atoms with van der Waals surface area (Å²) in [6.07, 6.45) is 3.41. The second kappa shape index (κ2) is 6.22. The first-order valence-corrected chi connectivity index (χ1v) is 8.30. The smallest absolute Gasteiger partial charge is 0.405 e. The van der Waals surface area contributed by atoms with Gasteiger partial charge in [-0.2, -0.15) is 0 Å². The molecule has 2 N–H and O–H groups in total. The van der Waals surface area contributed by atoms with E-state index in [1.54, 1.807) is 18.2 Å². The van der Waals surface area contributed by atoms with E-state index >= 15 is 0 Å². The Labute approximate surface area is 150 Å². The average Bonchev–Trinajstić information content (AvgIpc) is 2.67. The van der Waals surface area contributed by atoms with Crippen LogP contribution in [0, 0.1) is 0 Å². The zero-order valence-electron chi connectivity index (χ0n) is 13.9. The van der Waals surface area contributed by atoms with E-state index in [0.29, 0.717) is 37.2 Å². The standard InChI is InChI=1S/C20H17NO5/c22-12-20(21-19(23)24)7-1-2-15-10-13(3-5-16(15)20)14-4-6-17-18(11-14)26-9-8-25-17/h1,3-7,10-12,21H,2,8-9H2,(H,23,24)/t20-/m1/s1.